The predicted molar refractivity (Wildman–Crippen MR) is 114 cm³/mol. The smallest absolute Gasteiger partial charge is 0.195 e. The van der Waals surface area contributed by atoms with Crippen LogP contribution in [0.2, 0.25) is 0 Å². The van der Waals surface area contributed by atoms with Gasteiger partial charge in [-0.05, 0) is 44.6 Å². The van der Waals surface area contributed by atoms with E-state index in [9.17, 15) is 14.3 Å². The number of halogens is 1. The van der Waals surface area contributed by atoms with Gasteiger partial charge in [0.15, 0.2) is 5.78 Å². The molecule has 2 rings (SSSR count). The number of alkyl halides is 1. The summed E-state index contributed by atoms with van der Waals surface area (Å²) >= 11 is 0. The van der Waals surface area contributed by atoms with Crippen molar-refractivity contribution < 1.29 is 14.3 Å². The van der Waals surface area contributed by atoms with E-state index in [1.165, 1.54) is 6.92 Å². The number of likely N-dealkylation sites (N-methyl/N-ethyl adjacent to an activating group) is 1. The first-order valence-corrected chi connectivity index (χ1v) is 9.74. The lowest BCUT2D eigenvalue weighted by molar-refractivity contribution is 0.0953. The third-order valence-electron chi connectivity index (χ3n) is 4.77. The first-order chi connectivity index (χ1) is 13.7. The van der Waals surface area contributed by atoms with Crippen molar-refractivity contribution >= 4 is 5.78 Å². The van der Waals surface area contributed by atoms with E-state index >= 15 is 0 Å². The molecule has 1 aromatic carbocycles. The van der Waals surface area contributed by atoms with Crippen LogP contribution in [0.3, 0.4) is 0 Å². The maximum absolute atomic E-state index is 13.4. The molecule has 0 amide bonds. The van der Waals surface area contributed by atoms with Crippen LogP contribution in [0.25, 0.3) is 11.1 Å². The Hall–Kier alpha value is -2.57. The van der Waals surface area contributed by atoms with Crippen molar-refractivity contribution in [2.24, 2.45) is 0 Å². The van der Waals surface area contributed by atoms with Gasteiger partial charge in [-0.15, -0.1) is 0 Å². The molecule has 1 aromatic heterocycles. The van der Waals surface area contributed by atoms with Crippen molar-refractivity contribution in [3.05, 3.63) is 66.1 Å². The number of aliphatic hydroxyl groups is 1. The summed E-state index contributed by atoms with van der Waals surface area (Å²) in [6, 6.07) is 10.8. The molecule has 5 nitrogen and oxygen atoms in total. The molecule has 0 fully saturated rings. The van der Waals surface area contributed by atoms with Gasteiger partial charge in [-0.3, -0.25) is 9.78 Å². The summed E-state index contributed by atoms with van der Waals surface area (Å²) in [5.41, 5.74) is 3.26. The van der Waals surface area contributed by atoms with Crippen molar-refractivity contribution in [2.45, 2.75) is 38.6 Å². The molecule has 29 heavy (non-hydrogen) atoms. The molecule has 2 aromatic rings. The zero-order valence-electron chi connectivity index (χ0n) is 17.5. The molecule has 2 N–H and O–H groups in total. The second-order valence-electron chi connectivity index (χ2n) is 7.46. The summed E-state index contributed by atoms with van der Waals surface area (Å²) in [7, 11) is 3.68. The van der Waals surface area contributed by atoms with E-state index in [-0.39, 0.29) is 17.5 Å². The number of rotatable bonds is 10. The number of nitrogens with zero attached hydrogens (tertiary/aromatic N) is 2. The van der Waals surface area contributed by atoms with Crippen LogP contribution in [-0.2, 0) is 0 Å². The van der Waals surface area contributed by atoms with Crippen LogP contribution >= 0.6 is 0 Å². The molecule has 156 valence electrons. The lowest BCUT2D eigenvalue weighted by atomic mass is 9.97. The molecule has 0 radical (unpaired) electrons. The van der Waals surface area contributed by atoms with E-state index in [4.69, 9.17) is 0 Å². The summed E-state index contributed by atoms with van der Waals surface area (Å²) in [5, 5.41) is 13.6. The van der Waals surface area contributed by atoms with Crippen LogP contribution in [0.4, 0.5) is 4.39 Å². The standard InChI is InChI=1S/C23H30FN3O2/c1-6-20(26-16(3)15(2)24)23(29)18-9-7-17(8-10-18)19-11-12-21(25-13-19)22(28)14-27(4)5/h7-13,15,20,23,26,29H,3,6,14H2,1-2,4-5H3/t15?,20-,23-/m1/s1. The fraction of sp³-hybridized carbons (Fsp3) is 0.391. The molecular weight excluding hydrogens is 369 g/mol. The van der Waals surface area contributed by atoms with Gasteiger partial charge in [0, 0.05) is 17.5 Å². The summed E-state index contributed by atoms with van der Waals surface area (Å²) in [5.74, 6) is -0.0256. The first kappa shape index (κ1) is 22.7. The van der Waals surface area contributed by atoms with Crippen LogP contribution in [0.5, 0.6) is 0 Å². The molecule has 0 aliphatic heterocycles. The van der Waals surface area contributed by atoms with Gasteiger partial charge >= 0.3 is 0 Å². The number of benzene rings is 1. The number of aliphatic hydroxyl groups excluding tert-OH is 1. The number of nitrogens with one attached hydrogen (secondary N) is 1. The monoisotopic (exact) mass is 399 g/mol. The van der Waals surface area contributed by atoms with Gasteiger partial charge in [0.05, 0.1) is 18.7 Å². The van der Waals surface area contributed by atoms with E-state index in [2.05, 4.69) is 16.9 Å². The zero-order chi connectivity index (χ0) is 21.6. The number of carbonyl (C=O) groups excluding carboxylic acids is 1. The largest absolute Gasteiger partial charge is 0.386 e. The van der Waals surface area contributed by atoms with E-state index < -0.39 is 12.3 Å². The Kier molecular flexibility index (Phi) is 8.05. The summed E-state index contributed by atoms with van der Waals surface area (Å²) in [6.45, 7) is 7.33. The molecule has 0 bridgehead atoms. The average Bonchev–Trinajstić information content (AvgIpc) is 2.71. The Labute approximate surface area is 172 Å². The third-order valence-corrected chi connectivity index (χ3v) is 4.77. The molecular formula is C23H30FN3O2. The van der Waals surface area contributed by atoms with Crippen molar-refractivity contribution in [3.8, 4) is 11.1 Å². The fourth-order valence-corrected chi connectivity index (χ4v) is 2.96. The summed E-state index contributed by atoms with van der Waals surface area (Å²) in [6.07, 6.45) is 0.339. The highest BCUT2D eigenvalue weighted by atomic mass is 19.1. The van der Waals surface area contributed by atoms with Crippen LogP contribution in [0.15, 0.2) is 54.9 Å². The van der Waals surface area contributed by atoms with Crippen molar-refractivity contribution in [1.82, 2.24) is 15.2 Å². The van der Waals surface area contributed by atoms with Crippen LogP contribution < -0.4 is 5.32 Å². The van der Waals surface area contributed by atoms with E-state index in [1.54, 1.807) is 12.3 Å². The molecule has 6 heteroatoms. The van der Waals surface area contributed by atoms with Gasteiger partial charge < -0.3 is 15.3 Å². The van der Waals surface area contributed by atoms with E-state index in [1.807, 2.05) is 56.3 Å². The molecule has 0 aliphatic rings. The molecule has 0 saturated carbocycles. The highest BCUT2D eigenvalue weighted by Gasteiger charge is 2.21. The highest BCUT2D eigenvalue weighted by molar-refractivity contribution is 5.96. The second-order valence-corrected chi connectivity index (χ2v) is 7.46. The van der Waals surface area contributed by atoms with Gasteiger partial charge in [0.2, 0.25) is 0 Å². The number of aromatic nitrogens is 1. The number of hydrogen-bond acceptors (Lipinski definition) is 5. The molecule has 1 unspecified atom stereocenters. The topological polar surface area (TPSA) is 65.5 Å². The molecule has 1 heterocycles. The molecule has 3 atom stereocenters. The maximum Gasteiger partial charge on any atom is 0.195 e. The first-order valence-electron chi connectivity index (χ1n) is 9.74. The zero-order valence-corrected chi connectivity index (χ0v) is 17.5. The summed E-state index contributed by atoms with van der Waals surface area (Å²) < 4.78 is 13.4. The molecule has 0 saturated heterocycles. The Bertz CT molecular complexity index is 817. The third kappa shape index (κ3) is 6.21. The maximum atomic E-state index is 13.4. The predicted octanol–water partition coefficient (Wildman–Crippen LogP) is 3.77. The number of hydrogen-bond donors (Lipinski definition) is 2. The van der Waals surface area contributed by atoms with Crippen LogP contribution in [-0.4, -0.2) is 53.6 Å². The lowest BCUT2D eigenvalue weighted by Gasteiger charge is -2.26. The Morgan fingerprint density at radius 3 is 2.31 bits per heavy atom. The SMILES string of the molecule is C=C(N[C@H](CC)[C@H](O)c1ccc(-c2ccc(C(=O)CN(C)C)nc2)cc1)C(C)F. The van der Waals surface area contributed by atoms with Crippen LogP contribution in [0, 0.1) is 0 Å². The van der Waals surface area contributed by atoms with Crippen molar-refractivity contribution in [2.75, 3.05) is 20.6 Å². The Balaban J connectivity index is 2.11. The van der Waals surface area contributed by atoms with Crippen LogP contribution in [0.1, 0.15) is 42.4 Å². The minimum atomic E-state index is -1.18. The van der Waals surface area contributed by atoms with Crippen molar-refractivity contribution in [3.63, 3.8) is 0 Å². The Morgan fingerprint density at radius 1 is 1.21 bits per heavy atom. The lowest BCUT2D eigenvalue weighted by Crippen LogP contribution is -2.35. The second kappa shape index (κ2) is 10.3. The minimum Gasteiger partial charge on any atom is -0.386 e. The number of Topliss-reactive ketones (excluding diaryl/α,β-unsaturated/α-hetero) is 1. The number of allylic oxidation sites excluding steroid dienone is 1. The highest BCUT2D eigenvalue weighted by Crippen LogP contribution is 2.25. The number of pyridine rings is 1. The van der Waals surface area contributed by atoms with E-state index in [0.29, 0.717) is 18.7 Å². The van der Waals surface area contributed by atoms with Gasteiger partial charge in [0.1, 0.15) is 11.9 Å². The quantitative estimate of drug-likeness (QED) is 0.596. The number of carbonyl (C=O) groups is 1. The average molecular weight is 400 g/mol. The summed E-state index contributed by atoms with van der Waals surface area (Å²) in [4.78, 5) is 18.2. The fourth-order valence-electron chi connectivity index (χ4n) is 2.96. The van der Waals surface area contributed by atoms with Gasteiger partial charge in [-0.25, -0.2) is 4.39 Å². The van der Waals surface area contributed by atoms with E-state index in [0.717, 1.165) is 16.7 Å². The molecule has 0 spiro atoms. The van der Waals surface area contributed by atoms with Gasteiger partial charge in [-0.2, -0.15) is 0 Å². The number of ketones is 1. The minimum absolute atomic E-state index is 0.0256. The normalized spacial score (nSPS) is 14.3. The van der Waals surface area contributed by atoms with Gasteiger partial charge in [-0.1, -0.05) is 43.8 Å². The Morgan fingerprint density at radius 2 is 1.83 bits per heavy atom. The van der Waals surface area contributed by atoms with Crippen molar-refractivity contribution in [1.29, 1.82) is 0 Å². The van der Waals surface area contributed by atoms with Gasteiger partial charge in [0.25, 0.3) is 0 Å². The molecule has 0 aliphatic carbocycles.